The molecule has 0 aliphatic carbocycles. The summed E-state index contributed by atoms with van der Waals surface area (Å²) >= 11 is 0. The minimum Gasteiger partial charge on any atom is -0.504 e. The lowest BCUT2D eigenvalue weighted by Gasteiger charge is -2.09. The van der Waals surface area contributed by atoms with Crippen molar-refractivity contribution < 1.29 is 15.1 Å². The average Bonchev–Trinajstić information content (AvgIpc) is 2.48. The number of phenolic OH excluding ortho intramolecular Hbond substituents is 2. The number of nitro benzene ring substituents is 1. The molecule has 6 nitrogen and oxygen atoms in total. The van der Waals surface area contributed by atoms with Crippen LogP contribution in [0.1, 0.15) is 18.1 Å². The summed E-state index contributed by atoms with van der Waals surface area (Å²) in [5.74, 6) is -0.372. The van der Waals surface area contributed by atoms with Gasteiger partial charge in [-0.3, -0.25) is 10.1 Å². The second-order valence-corrected chi connectivity index (χ2v) is 4.63. The van der Waals surface area contributed by atoms with Crippen LogP contribution in [0.4, 0.5) is 11.4 Å². The van der Waals surface area contributed by atoms with Gasteiger partial charge in [0.05, 0.1) is 4.92 Å². The summed E-state index contributed by atoms with van der Waals surface area (Å²) < 4.78 is 0. The summed E-state index contributed by atoms with van der Waals surface area (Å²) in [5, 5.41) is 32.7. The fraction of sp³-hybridized carbons (Fsp3) is 0.200. The molecular weight excluding hydrogens is 272 g/mol. The lowest BCUT2D eigenvalue weighted by molar-refractivity contribution is -0.385. The van der Waals surface area contributed by atoms with Gasteiger partial charge in [0.1, 0.15) is 0 Å². The molecular formula is C15H16N2O4. The summed E-state index contributed by atoms with van der Waals surface area (Å²) in [5.41, 5.74) is 2.17. The van der Waals surface area contributed by atoms with Crippen molar-refractivity contribution in [1.29, 1.82) is 0 Å². The maximum atomic E-state index is 11.0. The Bertz CT molecular complexity index is 671. The normalized spacial score (nSPS) is 10.3. The Kier molecular flexibility index (Phi) is 4.27. The van der Waals surface area contributed by atoms with E-state index >= 15 is 0 Å². The monoisotopic (exact) mass is 288 g/mol. The van der Waals surface area contributed by atoms with Crippen LogP contribution in [0.5, 0.6) is 11.5 Å². The van der Waals surface area contributed by atoms with E-state index in [0.717, 1.165) is 5.56 Å². The minimum atomic E-state index is -0.392. The Morgan fingerprint density at radius 1 is 1.14 bits per heavy atom. The van der Waals surface area contributed by atoms with E-state index in [-0.39, 0.29) is 17.2 Å². The number of anilines is 1. The Balaban J connectivity index is 2.14. The predicted octanol–water partition coefficient (Wildman–Crippen LogP) is 3.18. The zero-order valence-electron chi connectivity index (χ0n) is 11.5. The molecule has 0 aliphatic heterocycles. The second-order valence-electron chi connectivity index (χ2n) is 4.63. The second kappa shape index (κ2) is 6.13. The molecule has 0 saturated carbocycles. The third kappa shape index (κ3) is 3.42. The molecule has 0 atom stereocenters. The molecule has 0 fully saturated rings. The van der Waals surface area contributed by atoms with Crippen molar-refractivity contribution >= 4 is 11.4 Å². The van der Waals surface area contributed by atoms with E-state index in [1.165, 1.54) is 18.2 Å². The molecule has 0 spiro atoms. The highest BCUT2D eigenvalue weighted by atomic mass is 16.6. The van der Waals surface area contributed by atoms with Crippen molar-refractivity contribution in [2.75, 3.05) is 5.32 Å². The zero-order valence-corrected chi connectivity index (χ0v) is 11.5. The van der Waals surface area contributed by atoms with Gasteiger partial charge in [-0.2, -0.15) is 0 Å². The molecule has 0 heterocycles. The molecule has 6 heteroatoms. The SMILES string of the molecule is CCc1ccc(NCc2ccc(O)c(O)c2)cc1[N+](=O)[O-]. The molecule has 0 saturated heterocycles. The van der Waals surface area contributed by atoms with Crippen LogP contribution in [0.2, 0.25) is 0 Å². The van der Waals surface area contributed by atoms with E-state index in [1.54, 1.807) is 18.2 Å². The first kappa shape index (κ1) is 14.6. The van der Waals surface area contributed by atoms with Crippen molar-refractivity contribution in [3.05, 3.63) is 57.6 Å². The topological polar surface area (TPSA) is 95.6 Å². The Morgan fingerprint density at radius 3 is 2.52 bits per heavy atom. The van der Waals surface area contributed by atoms with Gasteiger partial charge in [-0.1, -0.05) is 19.1 Å². The van der Waals surface area contributed by atoms with Crippen LogP contribution in [0, 0.1) is 10.1 Å². The summed E-state index contributed by atoms with van der Waals surface area (Å²) in [6, 6.07) is 9.52. The lowest BCUT2D eigenvalue weighted by atomic mass is 10.1. The van der Waals surface area contributed by atoms with Crippen LogP contribution in [-0.2, 0) is 13.0 Å². The first-order valence-corrected chi connectivity index (χ1v) is 6.53. The van der Waals surface area contributed by atoms with Gasteiger partial charge in [0.15, 0.2) is 11.5 Å². The van der Waals surface area contributed by atoms with Gasteiger partial charge in [0, 0.05) is 23.9 Å². The Hall–Kier alpha value is -2.76. The number of hydrogen-bond donors (Lipinski definition) is 3. The minimum absolute atomic E-state index is 0.0936. The van der Waals surface area contributed by atoms with E-state index in [4.69, 9.17) is 0 Å². The smallest absolute Gasteiger partial charge is 0.274 e. The number of benzene rings is 2. The van der Waals surface area contributed by atoms with Crippen molar-refractivity contribution in [3.63, 3.8) is 0 Å². The first-order chi connectivity index (χ1) is 10.0. The molecule has 110 valence electrons. The number of nitrogens with one attached hydrogen (secondary N) is 1. The number of phenols is 2. The number of rotatable bonds is 5. The summed E-state index contributed by atoms with van der Waals surface area (Å²) in [6.07, 6.45) is 0.600. The molecule has 0 radical (unpaired) electrons. The quantitative estimate of drug-likeness (QED) is 0.446. The first-order valence-electron chi connectivity index (χ1n) is 6.53. The molecule has 2 rings (SSSR count). The van der Waals surface area contributed by atoms with E-state index in [1.807, 2.05) is 6.92 Å². The highest BCUT2D eigenvalue weighted by molar-refractivity contribution is 5.55. The van der Waals surface area contributed by atoms with Crippen LogP contribution in [0.3, 0.4) is 0 Å². The van der Waals surface area contributed by atoms with Crippen LogP contribution >= 0.6 is 0 Å². The number of nitro groups is 1. The number of aromatic hydroxyl groups is 2. The third-order valence-electron chi connectivity index (χ3n) is 3.20. The van der Waals surface area contributed by atoms with Gasteiger partial charge in [-0.15, -0.1) is 0 Å². The van der Waals surface area contributed by atoms with Gasteiger partial charge < -0.3 is 15.5 Å². The van der Waals surface area contributed by atoms with Gasteiger partial charge >= 0.3 is 0 Å². The van der Waals surface area contributed by atoms with Gasteiger partial charge in [-0.05, 0) is 30.2 Å². The summed E-state index contributed by atoms with van der Waals surface area (Å²) in [7, 11) is 0. The number of hydrogen-bond acceptors (Lipinski definition) is 5. The van der Waals surface area contributed by atoms with Crippen LogP contribution in [0.15, 0.2) is 36.4 Å². The van der Waals surface area contributed by atoms with E-state index in [9.17, 15) is 20.3 Å². The Labute approximate surface area is 121 Å². The number of aryl methyl sites for hydroxylation is 1. The maximum Gasteiger partial charge on any atom is 0.274 e. The highest BCUT2D eigenvalue weighted by Gasteiger charge is 2.12. The summed E-state index contributed by atoms with van der Waals surface area (Å²) in [4.78, 5) is 10.6. The fourth-order valence-corrected chi connectivity index (χ4v) is 2.03. The number of nitrogens with zero attached hydrogens (tertiary/aromatic N) is 1. The zero-order chi connectivity index (χ0) is 15.4. The van der Waals surface area contributed by atoms with E-state index in [0.29, 0.717) is 24.2 Å². The molecule has 2 aromatic carbocycles. The molecule has 0 aromatic heterocycles. The molecule has 0 aliphatic rings. The lowest BCUT2D eigenvalue weighted by Crippen LogP contribution is -2.01. The van der Waals surface area contributed by atoms with Crippen molar-refractivity contribution in [2.45, 2.75) is 19.9 Å². The third-order valence-corrected chi connectivity index (χ3v) is 3.20. The Morgan fingerprint density at radius 2 is 1.90 bits per heavy atom. The average molecular weight is 288 g/mol. The standard InChI is InChI=1S/C15H16N2O4/c1-2-11-4-5-12(8-13(11)17(20)21)16-9-10-3-6-14(18)15(19)7-10/h3-8,16,18-19H,2,9H2,1H3. The van der Waals surface area contributed by atoms with Crippen LogP contribution in [0.25, 0.3) is 0 Å². The van der Waals surface area contributed by atoms with Crippen LogP contribution in [-0.4, -0.2) is 15.1 Å². The van der Waals surface area contributed by atoms with Gasteiger partial charge in [-0.25, -0.2) is 0 Å². The van der Waals surface area contributed by atoms with Crippen LogP contribution < -0.4 is 5.32 Å². The molecule has 3 N–H and O–H groups in total. The maximum absolute atomic E-state index is 11.0. The van der Waals surface area contributed by atoms with E-state index in [2.05, 4.69) is 5.32 Å². The molecule has 21 heavy (non-hydrogen) atoms. The largest absolute Gasteiger partial charge is 0.504 e. The molecule has 0 amide bonds. The molecule has 0 bridgehead atoms. The van der Waals surface area contributed by atoms with E-state index < -0.39 is 4.92 Å². The molecule has 0 unspecified atom stereocenters. The van der Waals surface area contributed by atoms with Crippen molar-refractivity contribution in [1.82, 2.24) is 0 Å². The van der Waals surface area contributed by atoms with Crippen molar-refractivity contribution in [2.24, 2.45) is 0 Å². The van der Waals surface area contributed by atoms with Crippen molar-refractivity contribution in [3.8, 4) is 11.5 Å². The van der Waals surface area contributed by atoms with Gasteiger partial charge in [0.25, 0.3) is 5.69 Å². The predicted molar refractivity (Wildman–Crippen MR) is 79.6 cm³/mol. The molecule has 2 aromatic rings. The fourth-order valence-electron chi connectivity index (χ4n) is 2.03. The summed E-state index contributed by atoms with van der Waals surface area (Å²) in [6.45, 7) is 2.26. The highest BCUT2D eigenvalue weighted by Crippen LogP contribution is 2.26. The van der Waals surface area contributed by atoms with Gasteiger partial charge in [0.2, 0.25) is 0 Å².